The van der Waals surface area contributed by atoms with Crippen LogP contribution in [0.1, 0.15) is 12.8 Å². The fourth-order valence-corrected chi connectivity index (χ4v) is 2.37. The Morgan fingerprint density at radius 2 is 1.89 bits per heavy atom. The highest BCUT2D eigenvalue weighted by Gasteiger charge is 2.15. The minimum absolute atomic E-state index is 0.00659. The zero-order chi connectivity index (χ0) is 13.6. The number of nitrogens with one attached hydrogen (secondary N) is 1. The molecular formula is C11H15NO5S. The summed E-state index contributed by atoms with van der Waals surface area (Å²) in [7, 11) is -3.65. The molecule has 18 heavy (non-hydrogen) atoms. The molecule has 0 aliphatic carbocycles. The zero-order valence-electron chi connectivity index (χ0n) is 9.61. The van der Waals surface area contributed by atoms with Gasteiger partial charge in [0.25, 0.3) is 0 Å². The molecule has 1 atom stereocenters. The number of hydrogen-bond acceptors (Lipinski definition) is 4. The molecule has 6 nitrogen and oxygen atoms in total. The molecule has 100 valence electrons. The molecule has 1 aromatic rings. The van der Waals surface area contributed by atoms with Crippen molar-refractivity contribution in [1.29, 1.82) is 0 Å². The van der Waals surface area contributed by atoms with Crippen LogP contribution in [0.15, 0.2) is 35.2 Å². The van der Waals surface area contributed by atoms with E-state index in [1.807, 2.05) is 0 Å². The number of benzene rings is 1. The molecule has 1 rings (SSSR count). The number of aliphatic hydroxyl groups is 1. The molecule has 0 saturated carbocycles. The molecule has 0 heterocycles. The van der Waals surface area contributed by atoms with Crippen LogP contribution in [-0.4, -0.2) is 37.2 Å². The molecular weight excluding hydrogens is 258 g/mol. The highest BCUT2D eigenvalue weighted by atomic mass is 32.2. The van der Waals surface area contributed by atoms with Gasteiger partial charge in [0, 0.05) is 13.0 Å². The Morgan fingerprint density at radius 3 is 2.44 bits per heavy atom. The quantitative estimate of drug-likeness (QED) is 0.658. The van der Waals surface area contributed by atoms with Gasteiger partial charge in [0.1, 0.15) is 0 Å². The molecule has 0 aromatic heterocycles. The van der Waals surface area contributed by atoms with Crippen LogP contribution in [-0.2, 0) is 14.8 Å². The van der Waals surface area contributed by atoms with Gasteiger partial charge in [-0.3, -0.25) is 4.79 Å². The summed E-state index contributed by atoms with van der Waals surface area (Å²) < 4.78 is 25.7. The topological polar surface area (TPSA) is 104 Å². The summed E-state index contributed by atoms with van der Waals surface area (Å²) in [5, 5.41) is 17.8. The predicted molar refractivity (Wildman–Crippen MR) is 64.5 cm³/mol. The Bertz CT molecular complexity index is 485. The smallest absolute Gasteiger partial charge is 0.303 e. The first-order chi connectivity index (χ1) is 8.42. The average molecular weight is 273 g/mol. The SMILES string of the molecule is O=C(O)CCC(O)CNS(=O)(=O)c1ccccc1. The third-order valence-corrected chi connectivity index (χ3v) is 3.69. The fourth-order valence-electron chi connectivity index (χ4n) is 1.28. The van der Waals surface area contributed by atoms with Crippen molar-refractivity contribution >= 4 is 16.0 Å². The minimum Gasteiger partial charge on any atom is -0.481 e. The monoisotopic (exact) mass is 273 g/mol. The first-order valence-electron chi connectivity index (χ1n) is 5.36. The summed E-state index contributed by atoms with van der Waals surface area (Å²) in [6, 6.07) is 7.75. The van der Waals surface area contributed by atoms with Crippen molar-refractivity contribution < 1.29 is 23.4 Å². The number of carboxylic acids is 1. The lowest BCUT2D eigenvalue weighted by molar-refractivity contribution is -0.137. The van der Waals surface area contributed by atoms with E-state index in [2.05, 4.69) is 4.72 Å². The Hall–Kier alpha value is -1.44. The molecule has 1 unspecified atom stereocenters. The second-order valence-electron chi connectivity index (χ2n) is 3.75. The van der Waals surface area contributed by atoms with Crippen molar-refractivity contribution in [3.63, 3.8) is 0 Å². The first kappa shape index (κ1) is 14.6. The van der Waals surface area contributed by atoms with E-state index in [1.54, 1.807) is 18.2 Å². The highest BCUT2D eigenvalue weighted by molar-refractivity contribution is 7.89. The van der Waals surface area contributed by atoms with E-state index in [0.717, 1.165) is 0 Å². The van der Waals surface area contributed by atoms with E-state index in [4.69, 9.17) is 5.11 Å². The largest absolute Gasteiger partial charge is 0.481 e. The van der Waals surface area contributed by atoms with Crippen LogP contribution >= 0.6 is 0 Å². The molecule has 0 bridgehead atoms. The summed E-state index contributed by atoms with van der Waals surface area (Å²) in [5.74, 6) is -1.03. The predicted octanol–water partition coefficient (Wildman–Crippen LogP) is 0.191. The number of hydrogen-bond donors (Lipinski definition) is 3. The van der Waals surface area contributed by atoms with Crippen LogP contribution in [0, 0.1) is 0 Å². The summed E-state index contributed by atoms with van der Waals surface area (Å²) in [5.41, 5.74) is 0. The van der Waals surface area contributed by atoms with Gasteiger partial charge in [-0.05, 0) is 18.6 Å². The van der Waals surface area contributed by atoms with Crippen molar-refractivity contribution in [2.24, 2.45) is 0 Å². The van der Waals surface area contributed by atoms with Gasteiger partial charge >= 0.3 is 5.97 Å². The number of carbonyl (C=O) groups is 1. The van der Waals surface area contributed by atoms with E-state index < -0.39 is 22.1 Å². The van der Waals surface area contributed by atoms with Gasteiger partial charge in [0.15, 0.2) is 0 Å². The molecule has 0 aliphatic rings. The van der Waals surface area contributed by atoms with Crippen molar-refractivity contribution in [2.75, 3.05) is 6.54 Å². The van der Waals surface area contributed by atoms with Gasteiger partial charge in [0.2, 0.25) is 10.0 Å². The average Bonchev–Trinajstić information content (AvgIpc) is 2.35. The molecule has 1 aromatic carbocycles. The molecule has 0 spiro atoms. The number of rotatable bonds is 7. The molecule has 0 aliphatic heterocycles. The van der Waals surface area contributed by atoms with Crippen LogP contribution < -0.4 is 4.72 Å². The lowest BCUT2D eigenvalue weighted by Gasteiger charge is -2.11. The maximum atomic E-state index is 11.7. The van der Waals surface area contributed by atoms with Gasteiger partial charge in [-0.1, -0.05) is 18.2 Å². The summed E-state index contributed by atoms with van der Waals surface area (Å²) in [6.07, 6.45) is -1.21. The van der Waals surface area contributed by atoms with Crippen LogP contribution in [0.4, 0.5) is 0 Å². The van der Waals surface area contributed by atoms with E-state index in [1.165, 1.54) is 12.1 Å². The Balaban J connectivity index is 2.50. The van der Waals surface area contributed by atoms with Gasteiger partial charge in [0.05, 0.1) is 11.0 Å². The molecule has 0 radical (unpaired) electrons. The van der Waals surface area contributed by atoms with E-state index >= 15 is 0 Å². The van der Waals surface area contributed by atoms with Crippen molar-refractivity contribution in [2.45, 2.75) is 23.8 Å². The van der Waals surface area contributed by atoms with Gasteiger partial charge in [-0.25, -0.2) is 13.1 Å². The number of aliphatic hydroxyl groups excluding tert-OH is 1. The Labute approximate surface area is 105 Å². The third-order valence-electron chi connectivity index (χ3n) is 2.25. The summed E-state index contributed by atoms with van der Waals surface area (Å²) in [6.45, 7) is -0.204. The van der Waals surface area contributed by atoms with E-state index in [9.17, 15) is 18.3 Å². The lowest BCUT2D eigenvalue weighted by Crippen LogP contribution is -2.32. The third kappa shape index (κ3) is 4.82. The second-order valence-corrected chi connectivity index (χ2v) is 5.52. The van der Waals surface area contributed by atoms with Gasteiger partial charge < -0.3 is 10.2 Å². The molecule has 0 saturated heterocycles. The van der Waals surface area contributed by atoms with Gasteiger partial charge in [-0.15, -0.1) is 0 Å². The van der Waals surface area contributed by atoms with E-state index in [-0.39, 0.29) is 24.3 Å². The highest BCUT2D eigenvalue weighted by Crippen LogP contribution is 2.07. The van der Waals surface area contributed by atoms with Gasteiger partial charge in [-0.2, -0.15) is 0 Å². The Morgan fingerprint density at radius 1 is 1.28 bits per heavy atom. The number of sulfonamides is 1. The second kappa shape index (κ2) is 6.48. The van der Waals surface area contributed by atoms with Crippen LogP contribution in [0.3, 0.4) is 0 Å². The molecule has 0 fully saturated rings. The number of carboxylic acid groups (broad SMARTS) is 1. The fraction of sp³-hybridized carbons (Fsp3) is 0.364. The number of aliphatic carboxylic acids is 1. The summed E-state index contributed by atoms with van der Waals surface area (Å²) >= 11 is 0. The summed E-state index contributed by atoms with van der Waals surface area (Å²) in [4.78, 5) is 10.4. The van der Waals surface area contributed by atoms with E-state index in [0.29, 0.717) is 0 Å². The lowest BCUT2D eigenvalue weighted by atomic mass is 10.2. The molecule has 3 N–H and O–H groups in total. The maximum absolute atomic E-state index is 11.7. The zero-order valence-corrected chi connectivity index (χ0v) is 10.4. The Kier molecular flexibility index (Phi) is 5.26. The first-order valence-corrected chi connectivity index (χ1v) is 6.84. The van der Waals surface area contributed by atoms with Crippen LogP contribution in [0.25, 0.3) is 0 Å². The van der Waals surface area contributed by atoms with Crippen molar-refractivity contribution in [3.05, 3.63) is 30.3 Å². The molecule has 7 heteroatoms. The van der Waals surface area contributed by atoms with Crippen molar-refractivity contribution in [1.82, 2.24) is 4.72 Å². The standard InChI is InChI=1S/C11H15NO5S/c13-9(6-7-11(14)15)8-12-18(16,17)10-4-2-1-3-5-10/h1-5,9,12-13H,6-8H2,(H,14,15). The van der Waals surface area contributed by atoms with Crippen LogP contribution in [0.2, 0.25) is 0 Å². The molecule has 0 amide bonds. The van der Waals surface area contributed by atoms with Crippen LogP contribution in [0.5, 0.6) is 0 Å². The van der Waals surface area contributed by atoms with Crippen molar-refractivity contribution in [3.8, 4) is 0 Å². The normalized spacial score (nSPS) is 13.2. The minimum atomic E-state index is -3.65. The maximum Gasteiger partial charge on any atom is 0.303 e.